The summed E-state index contributed by atoms with van der Waals surface area (Å²) in [6, 6.07) is 5.28. The highest BCUT2D eigenvalue weighted by molar-refractivity contribution is 9.10. The minimum absolute atomic E-state index is 0.176. The minimum Gasteiger partial charge on any atom is -0.444 e. The van der Waals surface area contributed by atoms with Gasteiger partial charge in [-0.05, 0) is 44.5 Å². The molecule has 110 valence electrons. The first kappa shape index (κ1) is 16.5. The summed E-state index contributed by atoms with van der Waals surface area (Å²) in [5.41, 5.74) is 0.806. The van der Waals surface area contributed by atoms with Crippen LogP contribution in [0, 0.1) is 0 Å². The summed E-state index contributed by atoms with van der Waals surface area (Å²) >= 11 is 3.34. The predicted molar refractivity (Wildman–Crippen MR) is 80.6 cm³/mol. The van der Waals surface area contributed by atoms with Gasteiger partial charge >= 0.3 is 6.09 Å². The lowest BCUT2D eigenvalue weighted by Gasteiger charge is -2.19. The van der Waals surface area contributed by atoms with Crippen LogP contribution in [-0.2, 0) is 11.3 Å². The molecule has 0 saturated carbocycles. The van der Waals surface area contributed by atoms with E-state index in [4.69, 9.17) is 4.74 Å². The fraction of sp³-hybridized carbons (Fsp3) is 0.429. The van der Waals surface area contributed by atoms with Gasteiger partial charge in [0.15, 0.2) is 0 Å². The molecule has 6 heteroatoms. The van der Waals surface area contributed by atoms with E-state index in [9.17, 15) is 9.59 Å². The van der Waals surface area contributed by atoms with Crippen LogP contribution in [0.5, 0.6) is 0 Å². The molecular weight excluding hydrogens is 324 g/mol. The Morgan fingerprint density at radius 2 is 1.90 bits per heavy atom. The summed E-state index contributed by atoms with van der Waals surface area (Å²) in [7, 11) is 1.57. The van der Waals surface area contributed by atoms with Crippen LogP contribution in [-0.4, -0.2) is 24.6 Å². The topological polar surface area (TPSA) is 67.4 Å². The molecule has 0 aliphatic rings. The zero-order chi connectivity index (χ0) is 15.3. The van der Waals surface area contributed by atoms with E-state index < -0.39 is 11.7 Å². The van der Waals surface area contributed by atoms with Crippen molar-refractivity contribution in [2.75, 3.05) is 7.05 Å². The van der Waals surface area contributed by atoms with E-state index >= 15 is 0 Å². The molecular formula is C14H19BrN2O3. The van der Waals surface area contributed by atoms with Crippen molar-refractivity contribution in [3.63, 3.8) is 0 Å². The van der Waals surface area contributed by atoms with E-state index in [0.717, 1.165) is 10.0 Å². The van der Waals surface area contributed by atoms with Gasteiger partial charge in [0.25, 0.3) is 5.91 Å². The molecule has 0 saturated heterocycles. The monoisotopic (exact) mass is 342 g/mol. The Bertz CT molecular complexity index is 510. The number of alkyl carbamates (subject to hydrolysis) is 1. The fourth-order valence-corrected chi connectivity index (χ4v) is 2.06. The Morgan fingerprint density at radius 3 is 2.45 bits per heavy atom. The number of hydrogen-bond donors (Lipinski definition) is 2. The zero-order valence-electron chi connectivity index (χ0n) is 12.0. The van der Waals surface area contributed by atoms with Crippen LogP contribution in [0.1, 0.15) is 36.7 Å². The highest BCUT2D eigenvalue weighted by Crippen LogP contribution is 2.16. The van der Waals surface area contributed by atoms with E-state index in [0.29, 0.717) is 12.1 Å². The van der Waals surface area contributed by atoms with Crippen molar-refractivity contribution in [3.05, 3.63) is 33.8 Å². The van der Waals surface area contributed by atoms with Crippen molar-refractivity contribution >= 4 is 27.9 Å². The molecule has 1 rings (SSSR count). The first-order valence-corrected chi connectivity index (χ1v) is 6.99. The average molecular weight is 343 g/mol. The predicted octanol–water partition coefficient (Wildman–Crippen LogP) is 2.83. The first-order valence-electron chi connectivity index (χ1n) is 6.19. The normalized spacial score (nSPS) is 10.8. The number of carbonyl (C=O) groups is 2. The maximum absolute atomic E-state index is 11.6. The molecule has 0 aliphatic carbocycles. The van der Waals surface area contributed by atoms with Gasteiger partial charge in [-0.2, -0.15) is 0 Å². The van der Waals surface area contributed by atoms with E-state index in [1.165, 1.54) is 0 Å². The van der Waals surface area contributed by atoms with Crippen molar-refractivity contribution in [1.82, 2.24) is 10.6 Å². The highest BCUT2D eigenvalue weighted by atomic mass is 79.9. The van der Waals surface area contributed by atoms with Crippen LogP contribution >= 0.6 is 15.9 Å². The lowest BCUT2D eigenvalue weighted by atomic mass is 10.1. The van der Waals surface area contributed by atoms with E-state index in [-0.39, 0.29) is 5.91 Å². The van der Waals surface area contributed by atoms with Crippen molar-refractivity contribution in [2.45, 2.75) is 32.9 Å². The molecule has 1 aromatic rings. The molecule has 2 N–H and O–H groups in total. The maximum atomic E-state index is 11.6. The highest BCUT2D eigenvalue weighted by Gasteiger charge is 2.16. The minimum atomic E-state index is -0.533. The third-order valence-corrected chi connectivity index (χ3v) is 2.74. The van der Waals surface area contributed by atoms with Crippen molar-refractivity contribution in [2.24, 2.45) is 0 Å². The molecule has 0 unspecified atom stereocenters. The number of benzene rings is 1. The Labute approximate surface area is 127 Å². The van der Waals surface area contributed by atoms with Crippen LogP contribution < -0.4 is 10.6 Å². The largest absolute Gasteiger partial charge is 0.444 e. The van der Waals surface area contributed by atoms with Gasteiger partial charge in [-0.1, -0.05) is 15.9 Å². The van der Waals surface area contributed by atoms with E-state index in [1.807, 2.05) is 6.07 Å². The van der Waals surface area contributed by atoms with Crippen LogP contribution in [0.3, 0.4) is 0 Å². The van der Waals surface area contributed by atoms with E-state index in [2.05, 4.69) is 26.6 Å². The summed E-state index contributed by atoms with van der Waals surface area (Å²) in [5.74, 6) is -0.176. The number of carbonyl (C=O) groups excluding carboxylic acids is 2. The molecule has 1 aromatic carbocycles. The van der Waals surface area contributed by atoms with Crippen LogP contribution in [0.4, 0.5) is 4.79 Å². The maximum Gasteiger partial charge on any atom is 0.407 e. The second-order valence-corrected chi connectivity index (χ2v) is 6.20. The zero-order valence-corrected chi connectivity index (χ0v) is 13.6. The van der Waals surface area contributed by atoms with Gasteiger partial charge in [0, 0.05) is 23.6 Å². The number of rotatable bonds is 3. The van der Waals surface area contributed by atoms with Gasteiger partial charge in [-0.15, -0.1) is 0 Å². The van der Waals surface area contributed by atoms with Crippen LogP contribution in [0.25, 0.3) is 0 Å². The number of amides is 2. The molecule has 5 nitrogen and oxygen atoms in total. The molecule has 0 radical (unpaired) electrons. The molecule has 0 atom stereocenters. The van der Waals surface area contributed by atoms with Gasteiger partial charge < -0.3 is 15.4 Å². The van der Waals surface area contributed by atoms with Crippen LogP contribution in [0.15, 0.2) is 22.7 Å². The van der Waals surface area contributed by atoms with Gasteiger partial charge in [0.05, 0.1) is 0 Å². The molecule has 20 heavy (non-hydrogen) atoms. The summed E-state index contributed by atoms with van der Waals surface area (Å²) in [6.07, 6.45) is -0.487. The Balaban J connectivity index is 2.71. The molecule has 0 spiro atoms. The third-order valence-electron chi connectivity index (χ3n) is 2.28. The van der Waals surface area contributed by atoms with E-state index in [1.54, 1.807) is 40.0 Å². The number of hydrogen-bond acceptors (Lipinski definition) is 3. The molecule has 0 bridgehead atoms. The fourth-order valence-electron chi connectivity index (χ4n) is 1.52. The number of halogens is 1. The summed E-state index contributed by atoms with van der Waals surface area (Å²) in [6.45, 7) is 5.69. The molecule has 0 aliphatic heterocycles. The summed E-state index contributed by atoms with van der Waals surface area (Å²) < 4.78 is 5.92. The summed E-state index contributed by atoms with van der Waals surface area (Å²) in [4.78, 5) is 23.2. The second-order valence-electron chi connectivity index (χ2n) is 5.28. The van der Waals surface area contributed by atoms with Crippen molar-refractivity contribution < 1.29 is 14.3 Å². The summed E-state index contributed by atoms with van der Waals surface area (Å²) in [5, 5.41) is 5.21. The molecule has 0 fully saturated rings. The van der Waals surface area contributed by atoms with Gasteiger partial charge in [0.1, 0.15) is 5.60 Å². The van der Waals surface area contributed by atoms with Gasteiger partial charge in [0.2, 0.25) is 0 Å². The van der Waals surface area contributed by atoms with Gasteiger partial charge in [-0.3, -0.25) is 4.79 Å². The standard InChI is InChI=1S/C14H19BrN2O3/c1-14(2,3)20-13(19)17-8-9-5-10(12(18)16-4)7-11(15)6-9/h5-7H,8H2,1-4H3,(H,16,18)(H,17,19). The van der Waals surface area contributed by atoms with Crippen molar-refractivity contribution in [3.8, 4) is 0 Å². The number of nitrogens with one attached hydrogen (secondary N) is 2. The molecule has 2 amide bonds. The second kappa shape index (κ2) is 6.74. The van der Waals surface area contributed by atoms with Gasteiger partial charge in [-0.25, -0.2) is 4.79 Å². The number of ether oxygens (including phenoxy) is 1. The smallest absolute Gasteiger partial charge is 0.407 e. The first-order chi connectivity index (χ1) is 9.21. The third kappa shape index (κ3) is 5.61. The Kier molecular flexibility index (Phi) is 5.56. The Morgan fingerprint density at radius 1 is 1.25 bits per heavy atom. The lowest BCUT2D eigenvalue weighted by molar-refractivity contribution is 0.0523. The molecule has 0 aromatic heterocycles. The van der Waals surface area contributed by atoms with Crippen molar-refractivity contribution in [1.29, 1.82) is 0 Å². The quantitative estimate of drug-likeness (QED) is 0.887. The molecule has 0 heterocycles. The Hall–Kier alpha value is -1.56. The lowest BCUT2D eigenvalue weighted by Crippen LogP contribution is -2.32. The average Bonchev–Trinajstić information content (AvgIpc) is 2.32. The van der Waals surface area contributed by atoms with Crippen LogP contribution in [0.2, 0.25) is 0 Å². The SMILES string of the molecule is CNC(=O)c1cc(Br)cc(CNC(=O)OC(C)(C)C)c1.